The number of hydrogen-bond donors (Lipinski definition) is 1. The van der Waals surface area contributed by atoms with E-state index in [1.165, 1.54) is 0 Å². The lowest BCUT2D eigenvalue weighted by molar-refractivity contribution is -0.418. The van der Waals surface area contributed by atoms with Gasteiger partial charge in [-0.25, -0.2) is 0 Å². The highest BCUT2D eigenvalue weighted by Gasteiger charge is 2.41. The van der Waals surface area contributed by atoms with E-state index in [4.69, 9.17) is 0 Å². The molecule has 1 aromatic rings. The lowest BCUT2D eigenvalue weighted by atomic mass is 9.89. The molecule has 0 saturated carbocycles. The van der Waals surface area contributed by atoms with E-state index in [1.54, 1.807) is 12.1 Å². The molecular weight excluding hydrogens is 250 g/mol. The molecule has 1 aromatic carbocycles. The molecule has 3 rings (SSSR count). The Morgan fingerprint density at radius 1 is 1.05 bits per heavy atom. The number of fused-ring (bicyclic) bond motifs is 2. The Morgan fingerprint density at radius 2 is 1.63 bits per heavy atom. The topological polar surface area (TPSA) is 97.5 Å². The summed E-state index contributed by atoms with van der Waals surface area (Å²) in [5.41, 5.74) is 1.06. The van der Waals surface area contributed by atoms with Gasteiger partial charge < -0.3 is 5.11 Å². The maximum Gasteiger partial charge on any atom is 0.362 e. The van der Waals surface area contributed by atoms with Gasteiger partial charge in [-0.3, -0.25) is 19.7 Å². The number of ketones is 2. The van der Waals surface area contributed by atoms with Gasteiger partial charge in [0.25, 0.3) is 0 Å². The molecule has 6 heteroatoms. The zero-order valence-electron chi connectivity index (χ0n) is 9.80. The third-order valence-electron chi connectivity index (χ3n) is 3.56. The fourth-order valence-corrected chi connectivity index (χ4v) is 2.64. The summed E-state index contributed by atoms with van der Waals surface area (Å²) in [7, 11) is 0. The second-order valence-electron chi connectivity index (χ2n) is 4.63. The maximum atomic E-state index is 11.9. The Balaban J connectivity index is 2.31. The normalized spacial score (nSPS) is 17.5. The number of nitro groups is 1. The molecular formula is C13H9NO5. The van der Waals surface area contributed by atoms with E-state index in [0.29, 0.717) is 0 Å². The van der Waals surface area contributed by atoms with Crippen LogP contribution in [-0.2, 0) is 17.6 Å². The zero-order chi connectivity index (χ0) is 13.7. The summed E-state index contributed by atoms with van der Waals surface area (Å²) in [5, 5.41) is 20.7. The van der Waals surface area contributed by atoms with Gasteiger partial charge in [0.1, 0.15) is 0 Å². The van der Waals surface area contributed by atoms with Crippen LogP contribution in [0.25, 0.3) is 5.76 Å². The minimum Gasteiger partial charge on any atom is -0.502 e. The number of carbonyl (C=O) groups excluding carboxylic acids is 2. The predicted octanol–water partition coefficient (Wildman–Crippen LogP) is 1.44. The van der Waals surface area contributed by atoms with Crippen LogP contribution in [0.4, 0.5) is 0 Å². The van der Waals surface area contributed by atoms with E-state index in [0.717, 1.165) is 30.4 Å². The monoisotopic (exact) mass is 259 g/mol. The van der Waals surface area contributed by atoms with Gasteiger partial charge in [-0.15, -0.1) is 0 Å². The van der Waals surface area contributed by atoms with Crippen LogP contribution in [0.2, 0.25) is 0 Å². The van der Waals surface area contributed by atoms with Gasteiger partial charge in [0.2, 0.25) is 11.5 Å². The van der Waals surface area contributed by atoms with Crippen molar-refractivity contribution in [1.82, 2.24) is 0 Å². The standard InChI is InChI=1S/C13H9NO5/c15-11-8-4-6-2-1-3-7(6)5-9(8)12(16)13(17)10(11)14(18)19/h4-5,15H,1-3H2. The van der Waals surface area contributed by atoms with Crippen molar-refractivity contribution < 1.29 is 19.6 Å². The minimum absolute atomic E-state index is 0.0637. The van der Waals surface area contributed by atoms with E-state index in [2.05, 4.69) is 0 Å². The highest BCUT2D eigenvalue weighted by atomic mass is 16.6. The van der Waals surface area contributed by atoms with Crippen molar-refractivity contribution in [3.63, 3.8) is 0 Å². The number of rotatable bonds is 1. The van der Waals surface area contributed by atoms with Crippen LogP contribution in [0.1, 0.15) is 33.5 Å². The Kier molecular flexibility index (Phi) is 2.28. The molecule has 96 valence electrons. The van der Waals surface area contributed by atoms with Crippen LogP contribution in [-0.4, -0.2) is 21.6 Å². The van der Waals surface area contributed by atoms with Gasteiger partial charge in [0.15, 0.2) is 0 Å². The third kappa shape index (κ3) is 1.49. The largest absolute Gasteiger partial charge is 0.502 e. The summed E-state index contributed by atoms with van der Waals surface area (Å²) >= 11 is 0. The predicted molar refractivity (Wildman–Crippen MR) is 64.3 cm³/mol. The van der Waals surface area contributed by atoms with Crippen molar-refractivity contribution in [2.24, 2.45) is 0 Å². The van der Waals surface area contributed by atoms with E-state index in [9.17, 15) is 24.8 Å². The third-order valence-corrected chi connectivity index (χ3v) is 3.56. The summed E-state index contributed by atoms with van der Waals surface area (Å²) in [6.45, 7) is 0. The van der Waals surface area contributed by atoms with Crippen LogP contribution in [0, 0.1) is 10.1 Å². The Morgan fingerprint density at radius 3 is 2.21 bits per heavy atom. The molecule has 2 aliphatic carbocycles. The molecule has 0 fully saturated rings. The average Bonchev–Trinajstić information content (AvgIpc) is 2.81. The van der Waals surface area contributed by atoms with Crippen LogP contribution >= 0.6 is 0 Å². The quantitative estimate of drug-likeness (QED) is 0.467. The Bertz CT molecular complexity index is 687. The number of aryl methyl sites for hydroxylation is 2. The van der Waals surface area contributed by atoms with E-state index < -0.39 is 27.9 Å². The molecule has 0 radical (unpaired) electrons. The first kappa shape index (κ1) is 11.6. The van der Waals surface area contributed by atoms with Gasteiger partial charge in [-0.1, -0.05) is 0 Å². The Labute approximate surface area is 107 Å². The molecule has 6 nitrogen and oxygen atoms in total. The summed E-state index contributed by atoms with van der Waals surface area (Å²) in [5.74, 6) is -2.89. The van der Waals surface area contributed by atoms with Crippen LogP contribution in [0.3, 0.4) is 0 Å². The first-order valence-electron chi connectivity index (χ1n) is 5.83. The number of carbonyl (C=O) groups is 2. The van der Waals surface area contributed by atoms with Gasteiger partial charge >= 0.3 is 11.5 Å². The lowest BCUT2D eigenvalue weighted by Crippen LogP contribution is -2.28. The lowest BCUT2D eigenvalue weighted by Gasteiger charge is -2.14. The number of hydrogen-bond acceptors (Lipinski definition) is 5. The molecule has 0 spiro atoms. The van der Waals surface area contributed by atoms with Crippen molar-refractivity contribution in [2.75, 3.05) is 0 Å². The number of nitrogens with zero attached hydrogens (tertiary/aromatic N) is 1. The molecule has 1 N–H and O–H groups in total. The number of allylic oxidation sites excluding steroid dienone is 1. The summed E-state index contributed by atoms with van der Waals surface area (Å²) in [6.07, 6.45) is 2.56. The highest BCUT2D eigenvalue weighted by molar-refractivity contribution is 6.51. The molecule has 0 bridgehead atoms. The Hall–Kier alpha value is -2.50. The molecule has 0 amide bonds. The fourth-order valence-electron chi connectivity index (χ4n) is 2.64. The number of aliphatic hydroxyl groups excluding tert-OH is 1. The van der Waals surface area contributed by atoms with Crippen LogP contribution in [0.5, 0.6) is 0 Å². The van der Waals surface area contributed by atoms with Crippen molar-refractivity contribution in [1.29, 1.82) is 0 Å². The summed E-state index contributed by atoms with van der Waals surface area (Å²) in [4.78, 5) is 33.3. The number of aliphatic hydroxyl groups is 1. The van der Waals surface area contributed by atoms with Crippen molar-refractivity contribution in [3.05, 3.63) is 50.2 Å². The smallest absolute Gasteiger partial charge is 0.362 e. The number of Topliss-reactive ketones (excluding diaryl/α,β-unsaturated/α-hetero) is 2. The van der Waals surface area contributed by atoms with Crippen LogP contribution in [0.15, 0.2) is 17.8 Å². The minimum atomic E-state index is -1.26. The first-order valence-corrected chi connectivity index (χ1v) is 5.83. The van der Waals surface area contributed by atoms with E-state index in [1.807, 2.05) is 0 Å². The fraction of sp³-hybridized carbons (Fsp3) is 0.231. The summed E-state index contributed by atoms with van der Waals surface area (Å²) in [6, 6.07) is 3.16. The zero-order valence-corrected chi connectivity index (χ0v) is 9.80. The van der Waals surface area contributed by atoms with E-state index >= 15 is 0 Å². The molecule has 0 unspecified atom stereocenters. The van der Waals surface area contributed by atoms with E-state index in [-0.39, 0.29) is 11.1 Å². The molecule has 2 aliphatic rings. The van der Waals surface area contributed by atoms with Gasteiger partial charge in [-0.2, -0.15) is 0 Å². The van der Waals surface area contributed by atoms with Crippen molar-refractivity contribution in [3.8, 4) is 0 Å². The number of benzene rings is 1. The SMILES string of the molecule is O=C1C(=O)c2cc3c(cc2C(O)=C1[N+](=O)[O-])CCC3. The molecule has 0 atom stereocenters. The first-order chi connectivity index (χ1) is 9.00. The maximum absolute atomic E-state index is 11.9. The molecule has 0 aromatic heterocycles. The van der Waals surface area contributed by atoms with Crippen LogP contribution < -0.4 is 0 Å². The van der Waals surface area contributed by atoms with Crippen molar-refractivity contribution in [2.45, 2.75) is 19.3 Å². The average molecular weight is 259 g/mol. The molecule has 19 heavy (non-hydrogen) atoms. The molecule has 0 saturated heterocycles. The van der Waals surface area contributed by atoms with Crippen molar-refractivity contribution >= 4 is 17.3 Å². The highest BCUT2D eigenvalue weighted by Crippen LogP contribution is 2.33. The van der Waals surface area contributed by atoms with Gasteiger partial charge in [-0.05, 0) is 42.5 Å². The summed E-state index contributed by atoms with van der Waals surface area (Å²) < 4.78 is 0. The second kappa shape index (κ2) is 3.74. The van der Waals surface area contributed by atoms with Gasteiger partial charge in [0, 0.05) is 11.1 Å². The van der Waals surface area contributed by atoms with Gasteiger partial charge in [0.05, 0.1) is 4.92 Å². The second-order valence-corrected chi connectivity index (χ2v) is 4.63. The molecule has 0 heterocycles. The molecule has 0 aliphatic heterocycles.